The molecule has 0 amide bonds. The third kappa shape index (κ3) is 4.61. The standard InChI is InChI=1S/C12H16ClNO3/c1-12(2,3)6-7-17-9-4-5-11(14(15)16)10(13)8-9/h4-5,8H,6-7H2,1-3H3. The molecule has 0 fully saturated rings. The van der Waals surface area contributed by atoms with E-state index in [1.165, 1.54) is 12.1 Å². The van der Waals surface area contributed by atoms with Crippen LogP contribution in [0.4, 0.5) is 5.69 Å². The van der Waals surface area contributed by atoms with Crippen molar-refractivity contribution in [2.75, 3.05) is 6.61 Å². The van der Waals surface area contributed by atoms with Crippen molar-refractivity contribution >= 4 is 17.3 Å². The minimum atomic E-state index is -0.513. The Labute approximate surface area is 106 Å². The lowest BCUT2D eigenvalue weighted by Gasteiger charge is -2.18. The third-order valence-electron chi connectivity index (χ3n) is 2.24. The van der Waals surface area contributed by atoms with E-state index >= 15 is 0 Å². The van der Waals surface area contributed by atoms with Gasteiger partial charge in [-0.15, -0.1) is 0 Å². The average molecular weight is 258 g/mol. The van der Waals surface area contributed by atoms with E-state index in [1.54, 1.807) is 6.07 Å². The molecule has 0 atom stereocenters. The van der Waals surface area contributed by atoms with E-state index in [2.05, 4.69) is 20.8 Å². The number of hydrogen-bond acceptors (Lipinski definition) is 3. The van der Waals surface area contributed by atoms with Crippen LogP contribution in [0.1, 0.15) is 27.2 Å². The molecule has 1 aromatic rings. The first-order chi connectivity index (χ1) is 7.79. The number of benzene rings is 1. The number of nitro benzene ring substituents is 1. The third-order valence-corrected chi connectivity index (χ3v) is 2.54. The van der Waals surface area contributed by atoms with Gasteiger partial charge in [0.25, 0.3) is 5.69 Å². The molecular formula is C12H16ClNO3. The molecule has 0 spiro atoms. The molecule has 0 aromatic heterocycles. The van der Waals surface area contributed by atoms with Gasteiger partial charge in [0.1, 0.15) is 10.8 Å². The maximum Gasteiger partial charge on any atom is 0.288 e. The highest BCUT2D eigenvalue weighted by atomic mass is 35.5. The molecule has 0 saturated heterocycles. The SMILES string of the molecule is CC(C)(C)CCOc1ccc([N+](=O)[O-])c(Cl)c1. The second kappa shape index (κ2) is 5.36. The van der Waals surface area contributed by atoms with Crippen LogP contribution in [0.25, 0.3) is 0 Å². The molecule has 0 saturated carbocycles. The number of ether oxygens (including phenoxy) is 1. The van der Waals surface area contributed by atoms with E-state index in [9.17, 15) is 10.1 Å². The maximum absolute atomic E-state index is 10.6. The van der Waals surface area contributed by atoms with E-state index in [0.717, 1.165) is 6.42 Å². The molecule has 0 N–H and O–H groups in total. The molecule has 94 valence electrons. The van der Waals surface area contributed by atoms with Crippen LogP contribution in [0.3, 0.4) is 0 Å². The zero-order chi connectivity index (χ0) is 13.1. The lowest BCUT2D eigenvalue weighted by Crippen LogP contribution is -2.11. The van der Waals surface area contributed by atoms with Crippen molar-refractivity contribution in [1.29, 1.82) is 0 Å². The van der Waals surface area contributed by atoms with Gasteiger partial charge < -0.3 is 4.74 Å². The summed E-state index contributed by atoms with van der Waals surface area (Å²) in [4.78, 5) is 10.0. The number of rotatable bonds is 4. The zero-order valence-corrected chi connectivity index (χ0v) is 11.0. The highest BCUT2D eigenvalue weighted by Gasteiger charge is 2.13. The Kier molecular flexibility index (Phi) is 4.34. The van der Waals surface area contributed by atoms with Gasteiger partial charge in [0.15, 0.2) is 0 Å². The maximum atomic E-state index is 10.6. The van der Waals surface area contributed by atoms with Crippen molar-refractivity contribution in [2.24, 2.45) is 5.41 Å². The fraction of sp³-hybridized carbons (Fsp3) is 0.500. The Hall–Kier alpha value is -1.29. The van der Waals surface area contributed by atoms with Crippen molar-refractivity contribution in [3.05, 3.63) is 33.3 Å². The predicted molar refractivity (Wildman–Crippen MR) is 67.7 cm³/mol. The first-order valence-electron chi connectivity index (χ1n) is 5.36. The van der Waals surface area contributed by atoms with Gasteiger partial charge in [-0.1, -0.05) is 32.4 Å². The van der Waals surface area contributed by atoms with E-state index < -0.39 is 4.92 Å². The first-order valence-corrected chi connectivity index (χ1v) is 5.74. The molecule has 17 heavy (non-hydrogen) atoms. The summed E-state index contributed by atoms with van der Waals surface area (Å²) < 4.78 is 5.49. The van der Waals surface area contributed by atoms with Gasteiger partial charge in [-0.25, -0.2) is 0 Å². The lowest BCUT2D eigenvalue weighted by molar-refractivity contribution is -0.384. The number of hydrogen-bond donors (Lipinski definition) is 0. The van der Waals surface area contributed by atoms with Crippen molar-refractivity contribution in [3.63, 3.8) is 0 Å². The van der Waals surface area contributed by atoms with Crippen LogP contribution in [0.2, 0.25) is 5.02 Å². The first kappa shape index (κ1) is 13.8. The van der Waals surface area contributed by atoms with Crippen molar-refractivity contribution in [2.45, 2.75) is 27.2 Å². The Balaban J connectivity index is 2.62. The van der Waals surface area contributed by atoms with Crippen molar-refractivity contribution in [1.82, 2.24) is 0 Å². The lowest BCUT2D eigenvalue weighted by atomic mass is 9.93. The van der Waals surface area contributed by atoms with Gasteiger partial charge in [-0.05, 0) is 17.9 Å². The molecule has 0 unspecified atom stereocenters. The fourth-order valence-electron chi connectivity index (χ4n) is 1.20. The number of nitro groups is 1. The molecule has 4 nitrogen and oxygen atoms in total. The average Bonchev–Trinajstić information content (AvgIpc) is 2.15. The van der Waals surface area contributed by atoms with E-state index in [1.807, 2.05) is 0 Å². The number of halogens is 1. The fourth-order valence-corrected chi connectivity index (χ4v) is 1.44. The Morgan fingerprint density at radius 2 is 2.06 bits per heavy atom. The van der Waals surface area contributed by atoms with E-state index in [-0.39, 0.29) is 16.1 Å². The minimum Gasteiger partial charge on any atom is -0.494 e. The summed E-state index contributed by atoms with van der Waals surface area (Å²) in [5.74, 6) is 0.560. The number of nitrogens with zero attached hydrogens (tertiary/aromatic N) is 1. The second-order valence-electron chi connectivity index (χ2n) is 5.03. The van der Waals surface area contributed by atoms with Crippen molar-refractivity contribution < 1.29 is 9.66 Å². The summed E-state index contributed by atoms with van der Waals surface area (Å²) in [5.41, 5.74) is 0.0970. The molecule has 1 aromatic carbocycles. The van der Waals surface area contributed by atoms with Gasteiger partial charge >= 0.3 is 0 Å². The van der Waals surface area contributed by atoms with Crippen LogP contribution in [0.5, 0.6) is 5.75 Å². The molecule has 0 bridgehead atoms. The minimum absolute atomic E-state index is 0.100. The largest absolute Gasteiger partial charge is 0.494 e. The topological polar surface area (TPSA) is 52.4 Å². The van der Waals surface area contributed by atoms with Gasteiger partial charge in [-0.2, -0.15) is 0 Å². The zero-order valence-electron chi connectivity index (χ0n) is 10.2. The Bertz CT molecular complexity index is 413. The van der Waals surface area contributed by atoms with Gasteiger partial charge in [0.05, 0.1) is 11.5 Å². The van der Waals surface area contributed by atoms with Crippen LogP contribution < -0.4 is 4.74 Å². The Morgan fingerprint density at radius 3 is 2.53 bits per heavy atom. The molecule has 0 heterocycles. The molecule has 0 aliphatic heterocycles. The van der Waals surface area contributed by atoms with Crippen LogP contribution in [0.15, 0.2) is 18.2 Å². The summed E-state index contributed by atoms with van der Waals surface area (Å²) in [6.07, 6.45) is 0.904. The predicted octanol–water partition coefficient (Wildman–Crippen LogP) is 4.06. The van der Waals surface area contributed by atoms with E-state index in [0.29, 0.717) is 12.4 Å². The van der Waals surface area contributed by atoms with E-state index in [4.69, 9.17) is 16.3 Å². The summed E-state index contributed by atoms with van der Waals surface area (Å²) in [6.45, 7) is 6.94. The van der Waals surface area contributed by atoms with Crippen LogP contribution in [0, 0.1) is 15.5 Å². The van der Waals surface area contributed by atoms with Gasteiger partial charge in [0, 0.05) is 12.1 Å². The molecule has 0 aliphatic carbocycles. The molecule has 5 heteroatoms. The van der Waals surface area contributed by atoms with Crippen LogP contribution in [-0.2, 0) is 0 Å². The molecule has 0 aliphatic rings. The summed E-state index contributed by atoms with van der Waals surface area (Å²) in [5, 5.41) is 10.7. The quantitative estimate of drug-likeness (QED) is 0.604. The van der Waals surface area contributed by atoms with Gasteiger partial charge in [0.2, 0.25) is 0 Å². The summed E-state index contributed by atoms with van der Waals surface area (Å²) in [7, 11) is 0. The smallest absolute Gasteiger partial charge is 0.288 e. The van der Waals surface area contributed by atoms with Crippen LogP contribution in [-0.4, -0.2) is 11.5 Å². The summed E-state index contributed by atoms with van der Waals surface area (Å²) >= 11 is 5.77. The van der Waals surface area contributed by atoms with Gasteiger partial charge in [-0.3, -0.25) is 10.1 Å². The summed E-state index contributed by atoms with van der Waals surface area (Å²) in [6, 6.07) is 4.39. The highest BCUT2D eigenvalue weighted by molar-refractivity contribution is 6.32. The Morgan fingerprint density at radius 1 is 1.41 bits per heavy atom. The second-order valence-corrected chi connectivity index (χ2v) is 5.44. The normalized spacial score (nSPS) is 11.3. The monoisotopic (exact) mass is 257 g/mol. The molecule has 0 radical (unpaired) electrons. The molecule has 1 rings (SSSR count). The van der Waals surface area contributed by atoms with Crippen LogP contribution >= 0.6 is 11.6 Å². The molecular weight excluding hydrogens is 242 g/mol. The van der Waals surface area contributed by atoms with Crippen molar-refractivity contribution in [3.8, 4) is 5.75 Å². The highest BCUT2D eigenvalue weighted by Crippen LogP contribution is 2.28.